The van der Waals surface area contributed by atoms with Crippen LogP contribution >= 0.6 is 0 Å². The Morgan fingerprint density at radius 1 is 1.11 bits per heavy atom. The zero-order valence-electron chi connectivity index (χ0n) is 11.3. The second kappa shape index (κ2) is 5.00. The molecule has 0 aliphatic heterocycles. The Bertz CT molecular complexity index is 406. The van der Waals surface area contributed by atoms with E-state index in [2.05, 4.69) is 21.7 Å². The van der Waals surface area contributed by atoms with Crippen molar-refractivity contribution < 1.29 is 0 Å². The summed E-state index contributed by atoms with van der Waals surface area (Å²) in [5, 5.41) is 8.84. The predicted octanol–water partition coefficient (Wildman–Crippen LogP) is 2.54. The maximum atomic E-state index is 5.91. The summed E-state index contributed by atoms with van der Waals surface area (Å²) in [5.74, 6) is 3.50. The first kappa shape index (κ1) is 12.2. The third kappa shape index (κ3) is 1.96. The molecule has 2 aliphatic rings. The largest absolute Gasteiger partial charge is 0.330 e. The molecule has 0 amide bonds. The summed E-state index contributed by atoms with van der Waals surface area (Å²) in [7, 11) is 0. The van der Waals surface area contributed by atoms with Gasteiger partial charge in [-0.15, -0.1) is 10.2 Å². The van der Waals surface area contributed by atoms with Crippen LogP contribution in [0, 0.1) is 12.8 Å². The third-order valence-electron chi connectivity index (χ3n) is 4.88. The molecule has 0 radical (unpaired) electrons. The van der Waals surface area contributed by atoms with Crippen LogP contribution in [0.4, 0.5) is 0 Å². The van der Waals surface area contributed by atoms with Crippen molar-refractivity contribution in [3.05, 3.63) is 11.6 Å². The van der Waals surface area contributed by atoms with E-state index >= 15 is 0 Å². The molecule has 4 heteroatoms. The second-order valence-electron chi connectivity index (χ2n) is 5.95. The summed E-state index contributed by atoms with van der Waals surface area (Å²) in [6.45, 7) is 2.89. The maximum Gasteiger partial charge on any atom is 0.136 e. The molecule has 2 saturated carbocycles. The molecule has 1 aromatic heterocycles. The first-order valence-electron chi connectivity index (χ1n) is 7.42. The van der Waals surface area contributed by atoms with Gasteiger partial charge in [0.15, 0.2) is 0 Å². The zero-order valence-corrected chi connectivity index (χ0v) is 11.3. The van der Waals surface area contributed by atoms with Gasteiger partial charge in [-0.2, -0.15) is 0 Å². The summed E-state index contributed by atoms with van der Waals surface area (Å²) < 4.78 is 2.44. The number of hydrogen-bond acceptors (Lipinski definition) is 3. The monoisotopic (exact) mass is 248 g/mol. The minimum Gasteiger partial charge on any atom is -0.330 e. The lowest BCUT2D eigenvalue weighted by Crippen LogP contribution is -2.21. The lowest BCUT2D eigenvalue weighted by molar-refractivity contribution is 0.420. The van der Waals surface area contributed by atoms with Crippen LogP contribution in [0.5, 0.6) is 0 Å². The van der Waals surface area contributed by atoms with Crippen molar-refractivity contribution in [2.45, 2.75) is 63.8 Å². The highest BCUT2D eigenvalue weighted by atomic mass is 15.3. The normalized spacial score (nSPS) is 29.2. The molecule has 0 spiro atoms. The number of aryl methyl sites for hydroxylation is 1. The molecule has 2 N–H and O–H groups in total. The fourth-order valence-corrected chi connectivity index (χ4v) is 3.91. The van der Waals surface area contributed by atoms with E-state index in [-0.39, 0.29) is 0 Å². The molecule has 18 heavy (non-hydrogen) atoms. The fourth-order valence-electron chi connectivity index (χ4n) is 3.91. The molecule has 2 fully saturated rings. The van der Waals surface area contributed by atoms with Gasteiger partial charge in [0, 0.05) is 12.0 Å². The average molecular weight is 248 g/mol. The van der Waals surface area contributed by atoms with Crippen LogP contribution in [0.25, 0.3) is 0 Å². The SMILES string of the molecule is Cc1nnc(C2CCCC2CN)n1C1CCCC1. The summed E-state index contributed by atoms with van der Waals surface area (Å²) in [6.07, 6.45) is 9.10. The van der Waals surface area contributed by atoms with E-state index in [0.717, 1.165) is 12.4 Å². The average Bonchev–Trinajstić information content (AvgIpc) is 3.07. The number of rotatable bonds is 3. The highest BCUT2D eigenvalue weighted by molar-refractivity contribution is 5.08. The van der Waals surface area contributed by atoms with E-state index in [9.17, 15) is 0 Å². The van der Waals surface area contributed by atoms with Gasteiger partial charge in [0.25, 0.3) is 0 Å². The molecule has 0 aromatic carbocycles. The summed E-state index contributed by atoms with van der Waals surface area (Å²) in [4.78, 5) is 0. The topological polar surface area (TPSA) is 56.7 Å². The number of aromatic nitrogens is 3. The van der Waals surface area contributed by atoms with E-state index < -0.39 is 0 Å². The Kier molecular flexibility index (Phi) is 3.37. The van der Waals surface area contributed by atoms with Crippen molar-refractivity contribution in [2.24, 2.45) is 11.7 Å². The van der Waals surface area contributed by atoms with Gasteiger partial charge in [-0.25, -0.2) is 0 Å². The van der Waals surface area contributed by atoms with Crippen molar-refractivity contribution >= 4 is 0 Å². The van der Waals surface area contributed by atoms with Gasteiger partial charge in [0.1, 0.15) is 11.6 Å². The van der Waals surface area contributed by atoms with Gasteiger partial charge in [-0.3, -0.25) is 0 Å². The standard InChI is InChI=1S/C14H24N4/c1-10-16-17-14(13-8-4-5-11(13)9-15)18(10)12-6-2-3-7-12/h11-13H,2-9,15H2,1H3. The number of nitrogens with two attached hydrogens (primary N) is 1. The molecule has 2 unspecified atom stereocenters. The van der Waals surface area contributed by atoms with Crippen LogP contribution in [0.15, 0.2) is 0 Å². The highest BCUT2D eigenvalue weighted by Crippen LogP contribution is 2.41. The summed E-state index contributed by atoms with van der Waals surface area (Å²) in [6, 6.07) is 0.647. The first-order valence-corrected chi connectivity index (χ1v) is 7.42. The molecular weight excluding hydrogens is 224 g/mol. The van der Waals surface area contributed by atoms with Gasteiger partial charge in [0.2, 0.25) is 0 Å². The third-order valence-corrected chi connectivity index (χ3v) is 4.88. The molecule has 2 aliphatic carbocycles. The van der Waals surface area contributed by atoms with E-state index in [1.54, 1.807) is 0 Å². The van der Waals surface area contributed by atoms with E-state index in [1.165, 1.54) is 50.8 Å². The second-order valence-corrected chi connectivity index (χ2v) is 5.95. The smallest absolute Gasteiger partial charge is 0.136 e. The van der Waals surface area contributed by atoms with Crippen molar-refractivity contribution in [1.82, 2.24) is 14.8 Å². The van der Waals surface area contributed by atoms with Gasteiger partial charge in [-0.05, 0) is 45.1 Å². The van der Waals surface area contributed by atoms with Gasteiger partial charge < -0.3 is 10.3 Å². The van der Waals surface area contributed by atoms with Crippen molar-refractivity contribution in [3.63, 3.8) is 0 Å². The quantitative estimate of drug-likeness (QED) is 0.894. The fraction of sp³-hybridized carbons (Fsp3) is 0.857. The van der Waals surface area contributed by atoms with Gasteiger partial charge >= 0.3 is 0 Å². The van der Waals surface area contributed by atoms with Crippen LogP contribution in [0.2, 0.25) is 0 Å². The Morgan fingerprint density at radius 2 is 1.89 bits per heavy atom. The van der Waals surface area contributed by atoms with Crippen LogP contribution in [0.1, 0.15) is 68.6 Å². The molecular formula is C14H24N4. The van der Waals surface area contributed by atoms with Crippen LogP contribution in [-0.2, 0) is 0 Å². The van der Waals surface area contributed by atoms with Crippen molar-refractivity contribution in [3.8, 4) is 0 Å². The summed E-state index contributed by atoms with van der Waals surface area (Å²) >= 11 is 0. The van der Waals surface area contributed by atoms with Crippen molar-refractivity contribution in [2.75, 3.05) is 6.54 Å². The Morgan fingerprint density at radius 3 is 2.61 bits per heavy atom. The molecule has 1 heterocycles. The molecule has 100 valence electrons. The molecule has 0 bridgehead atoms. The molecule has 1 aromatic rings. The Hall–Kier alpha value is -0.900. The van der Waals surface area contributed by atoms with Gasteiger partial charge in [-0.1, -0.05) is 19.3 Å². The van der Waals surface area contributed by atoms with Gasteiger partial charge in [0.05, 0.1) is 0 Å². The Balaban J connectivity index is 1.91. The highest BCUT2D eigenvalue weighted by Gasteiger charge is 2.33. The van der Waals surface area contributed by atoms with E-state index in [1.807, 2.05) is 0 Å². The van der Waals surface area contributed by atoms with Crippen LogP contribution < -0.4 is 5.73 Å². The number of nitrogens with zero attached hydrogens (tertiary/aromatic N) is 3. The summed E-state index contributed by atoms with van der Waals surface area (Å²) in [5.41, 5.74) is 5.91. The maximum absolute atomic E-state index is 5.91. The minimum absolute atomic E-state index is 0.553. The predicted molar refractivity (Wildman–Crippen MR) is 71.4 cm³/mol. The minimum atomic E-state index is 0.553. The molecule has 3 rings (SSSR count). The lowest BCUT2D eigenvalue weighted by Gasteiger charge is -2.22. The van der Waals surface area contributed by atoms with Crippen molar-refractivity contribution in [1.29, 1.82) is 0 Å². The number of hydrogen-bond donors (Lipinski definition) is 1. The van der Waals surface area contributed by atoms with E-state index in [4.69, 9.17) is 5.73 Å². The lowest BCUT2D eigenvalue weighted by atomic mass is 9.95. The van der Waals surface area contributed by atoms with Crippen LogP contribution in [0.3, 0.4) is 0 Å². The van der Waals surface area contributed by atoms with E-state index in [0.29, 0.717) is 17.9 Å². The Labute approximate surface area is 109 Å². The van der Waals surface area contributed by atoms with Crippen LogP contribution in [-0.4, -0.2) is 21.3 Å². The molecule has 0 saturated heterocycles. The zero-order chi connectivity index (χ0) is 12.5. The molecule has 2 atom stereocenters. The molecule has 4 nitrogen and oxygen atoms in total. The first-order chi connectivity index (χ1) is 8.81.